The standard InChI is InChI=1S/C17H18ClF2N3O2/c1-4-22-9-23(8-10-7-21-14(18)5-11(10)22)17-15(19)12(24-2)6-13(25-3)16(17)20/h5-7H,4,8-9H2,1-3H3. The Morgan fingerprint density at radius 1 is 1.16 bits per heavy atom. The van der Waals surface area contributed by atoms with Crippen molar-refractivity contribution in [2.24, 2.45) is 0 Å². The lowest BCUT2D eigenvalue weighted by Crippen LogP contribution is -2.43. The summed E-state index contributed by atoms with van der Waals surface area (Å²) in [5, 5.41) is 0.381. The zero-order valence-electron chi connectivity index (χ0n) is 14.1. The lowest BCUT2D eigenvalue weighted by atomic mass is 10.1. The maximum Gasteiger partial charge on any atom is 0.191 e. The average Bonchev–Trinajstić information content (AvgIpc) is 2.61. The summed E-state index contributed by atoms with van der Waals surface area (Å²) >= 11 is 5.98. The van der Waals surface area contributed by atoms with Gasteiger partial charge >= 0.3 is 0 Å². The zero-order valence-corrected chi connectivity index (χ0v) is 14.9. The predicted molar refractivity (Wildman–Crippen MR) is 92.8 cm³/mol. The lowest BCUT2D eigenvalue weighted by molar-refractivity contribution is 0.357. The van der Waals surface area contributed by atoms with Gasteiger partial charge in [-0.25, -0.2) is 13.8 Å². The van der Waals surface area contributed by atoms with Gasteiger partial charge in [-0.15, -0.1) is 0 Å². The molecular formula is C17H18ClF2N3O2. The maximum absolute atomic E-state index is 14.8. The number of nitrogens with zero attached hydrogens (tertiary/aromatic N) is 3. The number of hydrogen-bond acceptors (Lipinski definition) is 5. The average molecular weight is 370 g/mol. The second kappa shape index (κ2) is 6.92. The third kappa shape index (κ3) is 3.04. The molecule has 1 aliphatic heterocycles. The Morgan fingerprint density at radius 2 is 1.80 bits per heavy atom. The van der Waals surface area contributed by atoms with Gasteiger partial charge < -0.3 is 19.3 Å². The summed E-state index contributed by atoms with van der Waals surface area (Å²) in [7, 11) is 2.66. The smallest absolute Gasteiger partial charge is 0.191 e. The highest BCUT2D eigenvalue weighted by Crippen LogP contribution is 2.40. The van der Waals surface area contributed by atoms with Crippen LogP contribution in [-0.4, -0.2) is 32.4 Å². The molecule has 0 unspecified atom stereocenters. The van der Waals surface area contributed by atoms with Gasteiger partial charge in [0.2, 0.25) is 0 Å². The molecule has 0 amide bonds. The summed E-state index contributed by atoms with van der Waals surface area (Å²) in [5.41, 5.74) is 1.56. The first-order valence-electron chi connectivity index (χ1n) is 7.74. The van der Waals surface area contributed by atoms with Gasteiger partial charge in [-0.2, -0.15) is 0 Å². The van der Waals surface area contributed by atoms with Crippen LogP contribution >= 0.6 is 11.6 Å². The molecule has 8 heteroatoms. The second-order valence-corrected chi connectivity index (χ2v) is 5.98. The highest BCUT2D eigenvalue weighted by atomic mass is 35.5. The first kappa shape index (κ1) is 17.5. The number of hydrogen-bond donors (Lipinski definition) is 0. The normalized spacial score (nSPS) is 13.7. The molecule has 3 rings (SSSR count). The number of benzene rings is 1. The number of anilines is 2. The van der Waals surface area contributed by atoms with E-state index in [9.17, 15) is 8.78 Å². The SMILES string of the molecule is CCN1CN(c2c(F)c(OC)cc(OC)c2F)Cc2cnc(Cl)cc21. The number of pyridine rings is 1. The van der Waals surface area contributed by atoms with Gasteiger partial charge in [0, 0.05) is 36.6 Å². The van der Waals surface area contributed by atoms with Gasteiger partial charge in [-0.3, -0.25) is 0 Å². The Bertz CT molecular complexity index is 776. The predicted octanol–water partition coefficient (Wildman–Crippen LogP) is 3.83. The van der Waals surface area contributed by atoms with Crippen molar-refractivity contribution in [3.05, 3.63) is 40.7 Å². The van der Waals surface area contributed by atoms with E-state index in [0.29, 0.717) is 24.9 Å². The van der Waals surface area contributed by atoms with Crippen LogP contribution in [-0.2, 0) is 6.54 Å². The van der Waals surface area contributed by atoms with E-state index in [1.807, 2.05) is 11.8 Å². The van der Waals surface area contributed by atoms with Crippen LogP contribution < -0.4 is 19.3 Å². The summed E-state index contributed by atoms with van der Waals surface area (Å²) in [6.07, 6.45) is 1.62. The summed E-state index contributed by atoms with van der Waals surface area (Å²) in [6, 6.07) is 2.96. The van der Waals surface area contributed by atoms with Crippen LogP contribution in [0.3, 0.4) is 0 Å². The Labute approximate surface area is 149 Å². The van der Waals surface area contributed by atoms with Crippen molar-refractivity contribution in [2.45, 2.75) is 13.5 Å². The molecule has 134 valence electrons. The molecule has 2 heterocycles. The zero-order chi connectivity index (χ0) is 18.1. The van der Waals surface area contributed by atoms with Crippen molar-refractivity contribution in [1.29, 1.82) is 0 Å². The van der Waals surface area contributed by atoms with E-state index in [0.717, 1.165) is 11.3 Å². The van der Waals surface area contributed by atoms with Crippen LogP contribution in [0.4, 0.5) is 20.2 Å². The van der Waals surface area contributed by atoms with E-state index < -0.39 is 11.6 Å². The molecule has 5 nitrogen and oxygen atoms in total. The molecule has 0 atom stereocenters. The van der Waals surface area contributed by atoms with Crippen molar-refractivity contribution in [3.63, 3.8) is 0 Å². The Kier molecular flexibility index (Phi) is 4.85. The first-order valence-corrected chi connectivity index (χ1v) is 8.12. The van der Waals surface area contributed by atoms with Crippen LogP contribution in [0.2, 0.25) is 5.15 Å². The van der Waals surface area contributed by atoms with Gasteiger partial charge in [-0.1, -0.05) is 11.6 Å². The van der Waals surface area contributed by atoms with E-state index >= 15 is 0 Å². The lowest BCUT2D eigenvalue weighted by Gasteiger charge is -2.39. The van der Waals surface area contributed by atoms with Crippen LogP contribution in [0.1, 0.15) is 12.5 Å². The molecule has 0 aliphatic carbocycles. The van der Waals surface area contributed by atoms with Gasteiger partial charge in [0.1, 0.15) is 10.8 Å². The third-order valence-electron chi connectivity index (χ3n) is 4.22. The molecule has 0 N–H and O–H groups in total. The van der Waals surface area contributed by atoms with E-state index in [-0.39, 0.29) is 17.2 Å². The van der Waals surface area contributed by atoms with Crippen molar-refractivity contribution >= 4 is 23.0 Å². The number of methoxy groups -OCH3 is 2. The van der Waals surface area contributed by atoms with Gasteiger partial charge in [-0.05, 0) is 13.0 Å². The maximum atomic E-state index is 14.8. The molecule has 0 bridgehead atoms. The minimum atomic E-state index is -0.762. The Hall–Kier alpha value is -2.28. The van der Waals surface area contributed by atoms with Gasteiger partial charge in [0.15, 0.2) is 23.1 Å². The van der Waals surface area contributed by atoms with Crippen molar-refractivity contribution < 1.29 is 18.3 Å². The van der Waals surface area contributed by atoms with Crippen molar-refractivity contribution in [1.82, 2.24) is 4.98 Å². The number of halogens is 3. The molecule has 0 saturated heterocycles. The summed E-state index contributed by atoms with van der Waals surface area (Å²) in [4.78, 5) is 7.64. The van der Waals surface area contributed by atoms with E-state index in [1.165, 1.54) is 20.3 Å². The van der Waals surface area contributed by atoms with Crippen molar-refractivity contribution in [2.75, 3.05) is 37.2 Å². The monoisotopic (exact) mass is 369 g/mol. The molecule has 0 fully saturated rings. The molecule has 2 aromatic rings. The number of fused-ring (bicyclic) bond motifs is 1. The summed E-state index contributed by atoms with van der Waals surface area (Å²) in [6.45, 7) is 3.20. The fourth-order valence-corrected chi connectivity index (χ4v) is 3.13. The van der Waals surface area contributed by atoms with Gasteiger partial charge in [0.05, 0.1) is 20.9 Å². The summed E-state index contributed by atoms with van der Waals surface area (Å²) in [5.74, 6) is -1.67. The fraction of sp³-hybridized carbons (Fsp3) is 0.353. The van der Waals surface area contributed by atoms with Crippen LogP contribution in [0.25, 0.3) is 0 Å². The second-order valence-electron chi connectivity index (χ2n) is 5.59. The van der Waals surface area contributed by atoms with Crippen LogP contribution in [0, 0.1) is 11.6 Å². The van der Waals surface area contributed by atoms with Crippen LogP contribution in [0.15, 0.2) is 18.3 Å². The molecule has 1 aliphatic rings. The molecule has 1 aromatic carbocycles. The number of aromatic nitrogens is 1. The first-order chi connectivity index (χ1) is 12.0. The largest absolute Gasteiger partial charge is 0.493 e. The van der Waals surface area contributed by atoms with Crippen molar-refractivity contribution in [3.8, 4) is 11.5 Å². The number of ether oxygens (including phenoxy) is 2. The van der Waals surface area contributed by atoms with E-state index in [2.05, 4.69) is 4.98 Å². The Morgan fingerprint density at radius 3 is 2.36 bits per heavy atom. The van der Waals surface area contributed by atoms with Gasteiger partial charge in [0.25, 0.3) is 0 Å². The molecule has 0 saturated carbocycles. The molecule has 1 aromatic heterocycles. The van der Waals surface area contributed by atoms with E-state index in [1.54, 1.807) is 17.2 Å². The minimum Gasteiger partial charge on any atom is -0.493 e. The van der Waals surface area contributed by atoms with Crippen LogP contribution in [0.5, 0.6) is 11.5 Å². The van der Waals surface area contributed by atoms with E-state index in [4.69, 9.17) is 21.1 Å². The molecule has 0 spiro atoms. The fourth-order valence-electron chi connectivity index (χ4n) is 2.97. The third-order valence-corrected chi connectivity index (χ3v) is 4.43. The number of rotatable bonds is 4. The molecule has 0 radical (unpaired) electrons. The minimum absolute atomic E-state index is 0.0728. The molecule has 25 heavy (non-hydrogen) atoms. The molecular weight excluding hydrogens is 352 g/mol. The topological polar surface area (TPSA) is 37.8 Å². The highest BCUT2D eigenvalue weighted by Gasteiger charge is 2.30. The Balaban J connectivity index is 2.10. The quantitative estimate of drug-likeness (QED) is 0.766. The summed E-state index contributed by atoms with van der Waals surface area (Å²) < 4.78 is 39.6. The highest BCUT2D eigenvalue weighted by molar-refractivity contribution is 6.29.